The molecule has 2 aromatic heterocycles. The van der Waals surface area contributed by atoms with Crippen LogP contribution in [0.5, 0.6) is 0 Å². The quantitative estimate of drug-likeness (QED) is 0.671. The first kappa shape index (κ1) is 19.0. The third-order valence-electron chi connectivity index (χ3n) is 4.68. The molecule has 9 heteroatoms. The first-order valence-corrected chi connectivity index (χ1v) is 9.15. The number of imide groups is 1. The largest absolute Gasteiger partial charge is 0.305 e. The van der Waals surface area contributed by atoms with Gasteiger partial charge < -0.3 is 5.32 Å². The molecule has 0 bridgehead atoms. The van der Waals surface area contributed by atoms with Crippen molar-refractivity contribution in [3.05, 3.63) is 71.0 Å². The highest BCUT2D eigenvalue weighted by molar-refractivity contribution is 6.22. The molecule has 3 heterocycles. The van der Waals surface area contributed by atoms with Gasteiger partial charge in [-0.2, -0.15) is 15.0 Å². The zero-order valence-electron chi connectivity index (χ0n) is 16.2. The average molecular weight is 400 g/mol. The molecule has 0 unspecified atom stereocenters. The lowest BCUT2D eigenvalue weighted by Gasteiger charge is -2.17. The maximum Gasteiger partial charge on any atom is 0.261 e. The maximum atomic E-state index is 12.9. The van der Waals surface area contributed by atoms with Gasteiger partial charge in [-0.05, 0) is 44.2 Å². The molecule has 0 atom stereocenters. The van der Waals surface area contributed by atoms with Gasteiger partial charge >= 0.3 is 0 Å². The summed E-state index contributed by atoms with van der Waals surface area (Å²) in [6.45, 7) is 3.50. The second-order valence-corrected chi connectivity index (χ2v) is 6.91. The number of aromatic nitrogens is 3. The molecule has 30 heavy (non-hydrogen) atoms. The Bertz CT molecular complexity index is 1220. The number of nitriles is 1. The van der Waals surface area contributed by atoms with Crippen LogP contribution in [0.25, 0.3) is 5.82 Å². The lowest BCUT2D eigenvalue weighted by molar-refractivity contribution is 0.0609. The molecule has 0 saturated heterocycles. The number of anilines is 1. The molecule has 0 aliphatic carbocycles. The van der Waals surface area contributed by atoms with Crippen molar-refractivity contribution in [1.29, 1.82) is 5.26 Å². The van der Waals surface area contributed by atoms with E-state index >= 15 is 0 Å². The standard InChI is InChI=1S/C21H16N6O3/c1-12(2)26-20(29)15-7-6-13(9-16(15)21(26)30)19(28)25-18-14(10-22)11-24-27(18)17-5-3-4-8-23-17/h3-9,11-12H,1-2H3,(H,25,28). The number of benzene rings is 1. The van der Waals surface area contributed by atoms with Crippen LogP contribution in [0.3, 0.4) is 0 Å². The number of hydrogen-bond acceptors (Lipinski definition) is 6. The van der Waals surface area contributed by atoms with Crippen molar-refractivity contribution in [2.24, 2.45) is 0 Å². The van der Waals surface area contributed by atoms with Gasteiger partial charge in [0.1, 0.15) is 11.6 Å². The summed E-state index contributed by atoms with van der Waals surface area (Å²) < 4.78 is 1.35. The highest BCUT2D eigenvalue weighted by Gasteiger charge is 2.37. The fourth-order valence-corrected chi connectivity index (χ4v) is 3.25. The molecule has 0 saturated carbocycles. The molecule has 3 aromatic rings. The van der Waals surface area contributed by atoms with E-state index in [1.165, 1.54) is 29.1 Å². The van der Waals surface area contributed by atoms with Gasteiger partial charge in [0, 0.05) is 17.8 Å². The normalized spacial score (nSPS) is 12.8. The summed E-state index contributed by atoms with van der Waals surface area (Å²) in [5.74, 6) is -0.771. The lowest BCUT2D eigenvalue weighted by atomic mass is 10.1. The zero-order chi connectivity index (χ0) is 21.4. The Morgan fingerprint density at radius 3 is 2.57 bits per heavy atom. The molecule has 1 aliphatic heterocycles. The van der Waals surface area contributed by atoms with Crippen LogP contribution in [0, 0.1) is 11.3 Å². The van der Waals surface area contributed by atoms with Crippen LogP contribution in [-0.2, 0) is 0 Å². The van der Waals surface area contributed by atoms with Gasteiger partial charge in [0.15, 0.2) is 11.6 Å². The van der Waals surface area contributed by atoms with Gasteiger partial charge in [-0.1, -0.05) is 6.07 Å². The predicted octanol–water partition coefficient (Wildman–Crippen LogP) is 2.40. The molecule has 1 N–H and O–H groups in total. The second-order valence-electron chi connectivity index (χ2n) is 6.91. The van der Waals surface area contributed by atoms with Crippen LogP contribution in [0.15, 0.2) is 48.8 Å². The minimum atomic E-state index is -0.546. The summed E-state index contributed by atoms with van der Waals surface area (Å²) in [7, 11) is 0. The number of carbonyl (C=O) groups excluding carboxylic acids is 3. The van der Waals surface area contributed by atoms with E-state index in [2.05, 4.69) is 15.4 Å². The van der Waals surface area contributed by atoms with E-state index in [1.54, 1.807) is 38.2 Å². The Kier molecular flexibility index (Phi) is 4.60. The molecule has 0 fully saturated rings. The summed E-state index contributed by atoms with van der Waals surface area (Å²) in [6.07, 6.45) is 2.90. The number of carbonyl (C=O) groups is 3. The Balaban J connectivity index is 1.68. The molecular weight excluding hydrogens is 384 g/mol. The third kappa shape index (κ3) is 3.00. The van der Waals surface area contributed by atoms with Crippen LogP contribution in [0.4, 0.5) is 5.82 Å². The van der Waals surface area contributed by atoms with Crippen LogP contribution < -0.4 is 5.32 Å². The minimum Gasteiger partial charge on any atom is -0.305 e. The van der Waals surface area contributed by atoms with Gasteiger partial charge in [-0.25, -0.2) is 4.98 Å². The first-order chi connectivity index (χ1) is 14.4. The van der Waals surface area contributed by atoms with Crippen molar-refractivity contribution in [3.8, 4) is 11.9 Å². The van der Waals surface area contributed by atoms with Crippen LogP contribution >= 0.6 is 0 Å². The van der Waals surface area contributed by atoms with Gasteiger partial charge in [0.05, 0.1) is 17.3 Å². The highest BCUT2D eigenvalue weighted by Crippen LogP contribution is 2.26. The second kappa shape index (κ2) is 7.25. The summed E-state index contributed by atoms with van der Waals surface area (Å²) in [5, 5.41) is 16.2. The van der Waals surface area contributed by atoms with E-state index in [1.807, 2.05) is 6.07 Å². The molecule has 4 rings (SSSR count). The van der Waals surface area contributed by atoms with Crippen LogP contribution in [0.1, 0.15) is 50.5 Å². The molecule has 0 spiro atoms. The fraction of sp³-hybridized carbons (Fsp3) is 0.143. The van der Waals surface area contributed by atoms with Crippen LogP contribution in [-0.4, -0.2) is 43.4 Å². The monoisotopic (exact) mass is 400 g/mol. The van der Waals surface area contributed by atoms with E-state index in [0.717, 1.165) is 4.90 Å². The zero-order valence-corrected chi connectivity index (χ0v) is 16.2. The Morgan fingerprint density at radius 1 is 1.13 bits per heavy atom. The van der Waals surface area contributed by atoms with Crippen molar-refractivity contribution in [2.45, 2.75) is 19.9 Å². The molecule has 1 aliphatic rings. The lowest BCUT2D eigenvalue weighted by Crippen LogP contribution is -2.35. The first-order valence-electron chi connectivity index (χ1n) is 9.15. The van der Waals surface area contributed by atoms with Crippen molar-refractivity contribution in [1.82, 2.24) is 19.7 Å². The van der Waals surface area contributed by atoms with E-state index in [9.17, 15) is 19.6 Å². The molecule has 9 nitrogen and oxygen atoms in total. The molecule has 3 amide bonds. The SMILES string of the molecule is CC(C)N1C(=O)c2ccc(C(=O)Nc3c(C#N)cnn3-c3ccccn3)cc2C1=O. The Labute approximate surface area is 171 Å². The van der Waals surface area contributed by atoms with Crippen molar-refractivity contribution >= 4 is 23.5 Å². The smallest absolute Gasteiger partial charge is 0.261 e. The van der Waals surface area contributed by atoms with Gasteiger partial charge in [-0.15, -0.1) is 0 Å². The highest BCUT2D eigenvalue weighted by atomic mass is 16.2. The van der Waals surface area contributed by atoms with E-state index in [4.69, 9.17) is 0 Å². The summed E-state index contributed by atoms with van der Waals surface area (Å²) in [5.41, 5.74) is 0.784. The number of pyridine rings is 1. The number of fused-ring (bicyclic) bond motifs is 1. The Morgan fingerprint density at radius 2 is 1.90 bits per heavy atom. The summed E-state index contributed by atoms with van der Waals surface area (Å²) >= 11 is 0. The topological polar surface area (TPSA) is 121 Å². The van der Waals surface area contributed by atoms with Gasteiger partial charge in [-0.3, -0.25) is 19.3 Å². The van der Waals surface area contributed by atoms with Crippen molar-refractivity contribution < 1.29 is 14.4 Å². The minimum absolute atomic E-state index is 0.160. The van der Waals surface area contributed by atoms with Crippen molar-refractivity contribution in [2.75, 3.05) is 5.32 Å². The molecule has 0 radical (unpaired) electrons. The third-order valence-corrected chi connectivity index (χ3v) is 4.68. The average Bonchev–Trinajstić information content (AvgIpc) is 3.26. The van der Waals surface area contributed by atoms with E-state index in [-0.39, 0.29) is 40.0 Å². The fourth-order valence-electron chi connectivity index (χ4n) is 3.25. The van der Waals surface area contributed by atoms with Crippen LogP contribution in [0.2, 0.25) is 0 Å². The van der Waals surface area contributed by atoms with E-state index < -0.39 is 11.8 Å². The predicted molar refractivity (Wildman–Crippen MR) is 106 cm³/mol. The maximum absolute atomic E-state index is 12.9. The number of hydrogen-bond donors (Lipinski definition) is 1. The Hall–Kier alpha value is -4.32. The molecule has 1 aromatic carbocycles. The number of nitrogens with one attached hydrogen (secondary N) is 1. The van der Waals surface area contributed by atoms with Gasteiger partial charge in [0.2, 0.25) is 0 Å². The van der Waals surface area contributed by atoms with E-state index in [0.29, 0.717) is 5.82 Å². The summed E-state index contributed by atoms with van der Waals surface area (Å²) in [4.78, 5) is 43.2. The molecular formula is C21H16N6O3. The molecule has 148 valence electrons. The van der Waals surface area contributed by atoms with Gasteiger partial charge in [0.25, 0.3) is 17.7 Å². The number of nitrogens with zero attached hydrogens (tertiary/aromatic N) is 5. The van der Waals surface area contributed by atoms with Crippen molar-refractivity contribution in [3.63, 3.8) is 0 Å². The number of amides is 3. The number of rotatable bonds is 4. The summed E-state index contributed by atoms with van der Waals surface area (Å²) in [6, 6.07) is 11.2.